The Morgan fingerprint density at radius 2 is 2.12 bits per heavy atom. The first kappa shape index (κ1) is 10.1. The minimum absolute atomic E-state index is 0.738. The molecule has 5 heteroatoms. The minimum Gasteiger partial charge on any atom is -0.397 e. The van der Waals surface area contributed by atoms with Gasteiger partial charge in [0.2, 0.25) is 0 Å². The number of thiophene rings is 1. The summed E-state index contributed by atoms with van der Waals surface area (Å²) in [7, 11) is 0. The summed E-state index contributed by atoms with van der Waals surface area (Å²) in [6.45, 7) is 0. The maximum absolute atomic E-state index is 5.94. The van der Waals surface area contributed by atoms with E-state index in [1.54, 1.807) is 22.7 Å². The number of nitrogens with two attached hydrogens (primary N) is 1. The predicted octanol–water partition coefficient (Wildman–Crippen LogP) is 4.26. The van der Waals surface area contributed by atoms with Crippen molar-refractivity contribution in [2.45, 2.75) is 0 Å². The lowest BCUT2D eigenvalue weighted by atomic mass is 10.3. The number of benzene rings is 1. The fourth-order valence-electron chi connectivity index (χ4n) is 1.49. The van der Waals surface area contributed by atoms with Crippen LogP contribution in [0.3, 0.4) is 0 Å². The Labute approximate surface area is 105 Å². The van der Waals surface area contributed by atoms with Crippen LogP contribution in [-0.2, 0) is 0 Å². The molecule has 0 saturated carbocycles. The smallest absolute Gasteiger partial charge is 0.136 e. The number of nitrogen functional groups attached to an aromatic ring is 1. The van der Waals surface area contributed by atoms with Gasteiger partial charge in [0.1, 0.15) is 5.01 Å². The highest BCUT2D eigenvalue weighted by Gasteiger charge is 2.10. The highest BCUT2D eigenvalue weighted by molar-refractivity contribution is 7.25. The van der Waals surface area contributed by atoms with E-state index in [0.717, 1.165) is 30.8 Å². The molecule has 0 amide bonds. The molecular weight excluding hydrogens is 260 g/mol. The number of hydrogen-bond acceptors (Lipinski definition) is 4. The zero-order valence-electron chi connectivity index (χ0n) is 8.11. The first-order valence-electron chi connectivity index (χ1n) is 4.63. The lowest BCUT2D eigenvalue weighted by molar-refractivity contribution is 1.50. The third-order valence-corrected chi connectivity index (χ3v) is 4.58. The van der Waals surface area contributed by atoms with Crippen molar-refractivity contribution in [1.82, 2.24) is 4.98 Å². The molecule has 2 N–H and O–H groups in total. The van der Waals surface area contributed by atoms with Crippen LogP contribution in [0.5, 0.6) is 0 Å². The second-order valence-electron chi connectivity index (χ2n) is 3.34. The first-order valence-corrected chi connectivity index (χ1v) is 6.71. The van der Waals surface area contributed by atoms with Crippen molar-refractivity contribution in [1.29, 1.82) is 0 Å². The van der Waals surface area contributed by atoms with E-state index in [0.29, 0.717) is 0 Å². The molecule has 2 nitrogen and oxygen atoms in total. The second kappa shape index (κ2) is 3.73. The largest absolute Gasteiger partial charge is 0.397 e. The third kappa shape index (κ3) is 1.59. The molecule has 0 unspecified atom stereocenters. The van der Waals surface area contributed by atoms with E-state index in [9.17, 15) is 0 Å². The molecule has 0 aliphatic heterocycles. The molecule has 1 aromatic carbocycles. The van der Waals surface area contributed by atoms with Crippen LogP contribution in [0.1, 0.15) is 0 Å². The molecule has 0 radical (unpaired) electrons. The number of aromatic nitrogens is 1. The van der Waals surface area contributed by atoms with Gasteiger partial charge in [0.15, 0.2) is 0 Å². The summed E-state index contributed by atoms with van der Waals surface area (Å²) in [5.74, 6) is 0. The molecule has 0 bridgehead atoms. The molecule has 16 heavy (non-hydrogen) atoms. The third-order valence-electron chi connectivity index (χ3n) is 2.24. The van der Waals surface area contributed by atoms with Crippen molar-refractivity contribution in [3.05, 3.63) is 34.7 Å². The van der Waals surface area contributed by atoms with Crippen LogP contribution in [-0.4, -0.2) is 4.98 Å². The van der Waals surface area contributed by atoms with Gasteiger partial charge < -0.3 is 5.73 Å². The van der Waals surface area contributed by atoms with Gasteiger partial charge in [0, 0.05) is 5.02 Å². The standard InChI is InChI=1S/C11H7ClN2S2/c12-6-1-2-8-9(5-6)16-11(14-8)10-7(13)3-4-15-10/h1-5H,13H2. The minimum atomic E-state index is 0.738. The molecule has 2 heterocycles. The van der Waals surface area contributed by atoms with E-state index in [-0.39, 0.29) is 0 Å². The molecular formula is C11H7ClN2S2. The van der Waals surface area contributed by atoms with Crippen molar-refractivity contribution < 1.29 is 0 Å². The summed E-state index contributed by atoms with van der Waals surface area (Å²) in [6.07, 6.45) is 0. The molecule has 2 aromatic heterocycles. The van der Waals surface area contributed by atoms with E-state index in [1.165, 1.54) is 0 Å². The zero-order valence-corrected chi connectivity index (χ0v) is 10.5. The zero-order chi connectivity index (χ0) is 11.1. The van der Waals surface area contributed by atoms with Crippen LogP contribution in [0.15, 0.2) is 29.6 Å². The van der Waals surface area contributed by atoms with Gasteiger partial charge >= 0.3 is 0 Å². The number of halogens is 1. The summed E-state index contributed by atoms with van der Waals surface area (Å²) < 4.78 is 1.09. The predicted molar refractivity (Wildman–Crippen MR) is 72.4 cm³/mol. The van der Waals surface area contributed by atoms with Gasteiger partial charge in [-0.25, -0.2) is 4.98 Å². The fraction of sp³-hybridized carbons (Fsp3) is 0. The van der Waals surface area contributed by atoms with Crippen LogP contribution in [0.2, 0.25) is 5.02 Å². The quantitative estimate of drug-likeness (QED) is 0.715. The highest BCUT2D eigenvalue weighted by atomic mass is 35.5. The van der Waals surface area contributed by atoms with Crippen LogP contribution < -0.4 is 5.73 Å². The number of thiazole rings is 1. The first-order chi connectivity index (χ1) is 7.74. The molecule has 3 aromatic rings. The van der Waals surface area contributed by atoms with E-state index in [4.69, 9.17) is 17.3 Å². The maximum atomic E-state index is 5.94. The van der Waals surface area contributed by atoms with Crippen molar-refractivity contribution >= 4 is 50.2 Å². The van der Waals surface area contributed by atoms with Gasteiger partial charge in [0.05, 0.1) is 20.8 Å². The average molecular weight is 267 g/mol. The maximum Gasteiger partial charge on any atom is 0.136 e. The Balaban J connectivity index is 2.23. The topological polar surface area (TPSA) is 38.9 Å². The van der Waals surface area contributed by atoms with E-state index >= 15 is 0 Å². The van der Waals surface area contributed by atoms with Gasteiger partial charge in [-0.3, -0.25) is 0 Å². The van der Waals surface area contributed by atoms with Crippen LogP contribution >= 0.6 is 34.3 Å². The van der Waals surface area contributed by atoms with Crippen LogP contribution in [0.4, 0.5) is 5.69 Å². The number of fused-ring (bicyclic) bond motifs is 1. The van der Waals surface area contributed by atoms with Gasteiger partial charge in [-0.2, -0.15) is 0 Å². The van der Waals surface area contributed by atoms with E-state index in [2.05, 4.69) is 4.98 Å². The van der Waals surface area contributed by atoms with Gasteiger partial charge in [0.25, 0.3) is 0 Å². The SMILES string of the molecule is Nc1ccsc1-c1nc2ccc(Cl)cc2s1. The average Bonchev–Trinajstić information content (AvgIpc) is 2.82. The lowest BCUT2D eigenvalue weighted by Gasteiger charge is -1.90. The lowest BCUT2D eigenvalue weighted by Crippen LogP contribution is -1.82. The van der Waals surface area contributed by atoms with E-state index < -0.39 is 0 Å². The second-order valence-corrected chi connectivity index (χ2v) is 5.72. The van der Waals surface area contributed by atoms with Crippen LogP contribution in [0.25, 0.3) is 20.1 Å². The summed E-state index contributed by atoms with van der Waals surface area (Å²) in [6, 6.07) is 7.62. The van der Waals surface area contributed by atoms with Crippen molar-refractivity contribution in [2.24, 2.45) is 0 Å². The summed E-state index contributed by atoms with van der Waals surface area (Å²) in [5, 5.41) is 3.68. The Morgan fingerprint density at radius 1 is 1.25 bits per heavy atom. The number of hydrogen-bond donors (Lipinski definition) is 1. The molecule has 0 fully saturated rings. The molecule has 3 rings (SSSR count). The molecule has 0 spiro atoms. The van der Waals surface area contributed by atoms with Gasteiger partial charge in [-0.15, -0.1) is 22.7 Å². The monoisotopic (exact) mass is 266 g/mol. The van der Waals surface area contributed by atoms with Crippen molar-refractivity contribution in [3.8, 4) is 9.88 Å². The van der Waals surface area contributed by atoms with Crippen molar-refractivity contribution in [3.63, 3.8) is 0 Å². The van der Waals surface area contributed by atoms with Gasteiger partial charge in [-0.05, 0) is 29.6 Å². The summed E-state index contributed by atoms with van der Waals surface area (Å²) in [5.41, 5.74) is 7.63. The van der Waals surface area contributed by atoms with Crippen molar-refractivity contribution in [2.75, 3.05) is 5.73 Å². The Bertz CT molecular complexity index is 657. The van der Waals surface area contributed by atoms with Gasteiger partial charge in [-0.1, -0.05) is 11.6 Å². The molecule has 0 aliphatic rings. The molecule has 80 valence electrons. The molecule has 0 aliphatic carbocycles. The molecule has 0 saturated heterocycles. The Hall–Kier alpha value is -1.10. The number of rotatable bonds is 1. The highest BCUT2D eigenvalue weighted by Crippen LogP contribution is 2.37. The summed E-state index contributed by atoms with van der Waals surface area (Å²) in [4.78, 5) is 5.59. The number of nitrogens with zero attached hydrogens (tertiary/aromatic N) is 1. The van der Waals surface area contributed by atoms with Crippen LogP contribution in [0, 0.1) is 0 Å². The fourth-order valence-corrected chi connectivity index (χ4v) is 3.66. The Kier molecular flexibility index (Phi) is 2.35. The normalized spacial score (nSPS) is 11.1. The molecule has 0 atom stereocenters. The summed E-state index contributed by atoms with van der Waals surface area (Å²) >= 11 is 9.17. The van der Waals surface area contributed by atoms with E-state index in [1.807, 2.05) is 29.6 Å². The number of anilines is 1. The Morgan fingerprint density at radius 3 is 2.88 bits per heavy atom.